The number of carbonyl (C=O) groups excluding carboxylic acids is 1. The van der Waals surface area contributed by atoms with Gasteiger partial charge in [-0.2, -0.15) is 0 Å². The van der Waals surface area contributed by atoms with Crippen molar-refractivity contribution < 1.29 is 4.79 Å². The molecule has 1 fully saturated rings. The van der Waals surface area contributed by atoms with Gasteiger partial charge in [-0.25, -0.2) is 4.98 Å². The molecule has 0 saturated carbocycles. The van der Waals surface area contributed by atoms with E-state index in [-0.39, 0.29) is 17.8 Å². The Morgan fingerprint density at radius 1 is 1.43 bits per heavy atom. The zero-order valence-corrected chi connectivity index (χ0v) is 12.0. The summed E-state index contributed by atoms with van der Waals surface area (Å²) in [4.78, 5) is 18.4. The van der Waals surface area contributed by atoms with E-state index in [0.717, 1.165) is 26.1 Å². The van der Waals surface area contributed by atoms with Gasteiger partial charge >= 0.3 is 0 Å². The van der Waals surface area contributed by atoms with Crippen molar-refractivity contribution in [2.75, 3.05) is 13.1 Å². The van der Waals surface area contributed by atoms with Gasteiger partial charge in [0.1, 0.15) is 5.82 Å². The monoisotopic (exact) mass is 285 g/mol. The Balaban J connectivity index is 1.52. The molecule has 1 unspecified atom stereocenters. The first-order valence-corrected chi connectivity index (χ1v) is 7.17. The molecule has 1 aromatic heterocycles. The summed E-state index contributed by atoms with van der Waals surface area (Å²) in [5.41, 5.74) is 1.30. The predicted octanol–water partition coefficient (Wildman–Crippen LogP) is 1.12. The lowest BCUT2D eigenvalue weighted by molar-refractivity contribution is 0.0927. The van der Waals surface area contributed by atoms with Crippen LogP contribution in [0.4, 0.5) is 0 Å². The van der Waals surface area contributed by atoms with Gasteiger partial charge in [0, 0.05) is 25.7 Å². The van der Waals surface area contributed by atoms with Crippen LogP contribution < -0.4 is 5.32 Å². The molecule has 0 aliphatic carbocycles. The summed E-state index contributed by atoms with van der Waals surface area (Å²) in [6, 6.07) is 10.5. The lowest BCUT2D eigenvalue weighted by Gasteiger charge is -2.16. The number of nitrogens with one attached hydrogen (secondary N) is 2. The van der Waals surface area contributed by atoms with Crippen LogP contribution in [-0.4, -0.2) is 45.1 Å². The van der Waals surface area contributed by atoms with Gasteiger partial charge in [0.05, 0.1) is 0 Å². The number of carbonyl (C=O) groups is 1. The molecule has 1 atom stereocenters. The van der Waals surface area contributed by atoms with E-state index in [0.29, 0.717) is 5.82 Å². The second kappa shape index (κ2) is 6.05. The first-order valence-electron chi connectivity index (χ1n) is 7.17. The number of aryl methyl sites for hydroxylation is 1. The number of aromatic amines is 1. The number of aromatic nitrogens is 3. The van der Waals surface area contributed by atoms with Gasteiger partial charge in [-0.15, -0.1) is 5.10 Å². The Morgan fingerprint density at radius 2 is 2.24 bits per heavy atom. The zero-order chi connectivity index (χ0) is 14.7. The van der Waals surface area contributed by atoms with Crippen molar-refractivity contribution in [3.63, 3.8) is 0 Å². The molecule has 2 aromatic rings. The van der Waals surface area contributed by atoms with Crippen molar-refractivity contribution in [3.05, 3.63) is 47.5 Å². The minimum absolute atomic E-state index is 0.167. The largest absolute Gasteiger partial charge is 0.345 e. The van der Waals surface area contributed by atoms with Gasteiger partial charge in [0.15, 0.2) is 0 Å². The van der Waals surface area contributed by atoms with E-state index in [2.05, 4.69) is 49.7 Å². The van der Waals surface area contributed by atoms with Gasteiger partial charge in [-0.3, -0.25) is 14.8 Å². The lowest BCUT2D eigenvalue weighted by Crippen LogP contribution is -2.37. The van der Waals surface area contributed by atoms with E-state index in [1.807, 2.05) is 6.07 Å². The average Bonchev–Trinajstić information content (AvgIpc) is 3.09. The molecule has 2 N–H and O–H groups in total. The minimum atomic E-state index is -0.203. The Hall–Kier alpha value is -2.21. The molecule has 21 heavy (non-hydrogen) atoms. The van der Waals surface area contributed by atoms with Crippen molar-refractivity contribution in [2.45, 2.75) is 25.9 Å². The standard InChI is InChI=1S/C15H19N5O/c1-11-16-14(19-18-11)15(21)17-13-7-8-20(10-13)9-12-5-3-2-4-6-12/h2-6,13H,7-10H2,1H3,(H,17,21)(H,16,18,19). The molecule has 1 aliphatic rings. The van der Waals surface area contributed by atoms with Crippen LogP contribution in [0.3, 0.4) is 0 Å². The van der Waals surface area contributed by atoms with Crippen LogP contribution in [0.15, 0.2) is 30.3 Å². The summed E-state index contributed by atoms with van der Waals surface area (Å²) in [6.45, 7) is 4.56. The van der Waals surface area contributed by atoms with Crippen LogP contribution in [0.1, 0.15) is 28.4 Å². The number of benzene rings is 1. The van der Waals surface area contributed by atoms with Crippen molar-refractivity contribution >= 4 is 5.91 Å². The number of hydrogen-bond donors (Lipinski definition) is 2. The third-order valence-corrected chi connectivity index (χ3v) is 3.66. The van der Waals surface area contributed by atoms with Crippen molar-refractivity contribution in [3.8, 4) is 0 Å². The van der Waals surface area contributed by atoms with Gasteiger partial charge in [-0.1, -0.05) is 30.3 Å². The average molecular weight is 285 g/mol. The molecule has 1 aromatic carbocycles. The summed E-state index contributed by atoms with van der Waals surface area (Å²) >= 11 is 0. The van der Waals surface area contributed by atoms with E-state index in [4.69, 9.17) is 0 Å². The summed E-state index contributed by atoms with van der Waals surface area (Å²) in [6.07, 6.45) is 0.960. The zero-order valence-electron chi connectivity index (χ0n) is 12.0. The van der Waals surface area contributed by atoms with Crippen molar-refractivity contribution in [1.82, 2.24) is 25.4 Å². The van der Waals surface area contributed by atoms with Gasteiger partial charge in [0.2, 0.25) is 5.82 Å². The maximum atomic E-state index is 12.0. The lowest BCUT2D eigenvalue weighted by atomic mass is 10.2. The summed E-state index contributed by atoms with van der Waals surface area (Å²) < 4.78 is 0. The highest BCUT2D eigenvalue weighted by Crippen LogP contribution is 2.13. The van der Waals surface area contributed by atoms with Crippen molar-refractivity contribution in [2.24, 2.45) is 0 Å². The van der Waals surface area contributed by atoms with E-state index < -0.39 is 0 Å². The Kier molecular flexibility index (Phi) is 3.96. The number of amides is 1. The van der Waals surface area contributed by atoms with Crippen LogP contribution >= 0.6 is 0 Å². The number of likely N-dealkylation sites (tertiary alicyclic amines) is 1. The molecule has 0 spiro atoms. The van der Waals surface area contributed by atoms with E-state index in [9.17, 15) is 4.79 Å². The molecule has 0 radical (unpaired) electrons. The molecule has 0 bridgehead atoms. The highest BCUT2D eigenvalue weighted by molar-refractivity contribution is 5.90. The Bertz CT molecular complexity index is 610. The van der Waals surface area contributed by atoms with Gasteiger partial charge in [-0.05, 0) is 18.9 Å². The first-order chi connectivity index (χ1) is 10.2. The molecule has 3 rings (SSSR count). The summed E-state index contributed by atoms with van der Waals surface area (Å²) in [5, 5.41) is 9.56. The second-order valence-corrected chi connectivity index (χ2v) is 5.42. The van der Waals surface area contributed by atoms with Crippen LogP contribution in [0, 0.1) is 6.92 Å². The van der Waals surface area contributed by atoms with Crippen LogP contribution in [0.2, 0.25) is 0 Å². The van der Waals surface area contributed by atoms with E-state index in [1.54, 1.807) is 6.92 Å². The van der Waals surface area contributed by atoms with Crippen LogP contribution in [0.25, 0.3) is 0 Å². The Labute approximate surface area is 123 Å². The highest BCUT2D eigenvalue weighted by Gasteiger charge is 2.25. The number of hydrogen-bond acceptors (Lipinski definition) is 4. The van der Waals surface area contributed by atoms with Crippen molar-refractivity contribution in [1.29, 1.82) is 0 Å². The third-order valence-electron chi connectivity index (χ3n) is 3.66. The molecule has 2 heterocycles. The predicted molar refractivity (Wildman–Crippen MR) is 78.7 cm³/mol. The van der Waals surface area contributed by atoms with Gasteiger partial charge in [0.25, 0.3) is 5.91 Å². The molecule has 1 saturated heterocycles. The molecule has 110 valence electrons. The molecule has 6 heteroatoms. The maximum Gasteiger partial charge on any atom is 0.291 e. The molecule has 6 nitrogen and oxygen atoms in total. The first kappa shape index (κ1) is 13.8. The highest BCUT2D eigenvalue weighted by atomic mass is 16.2. The fourth-order valence-corrected chi connectivity index (χ4v) is 2.63. The van der Waals surface area contributed by atoms with E-state index >= 15 is 0 Å². The number of rotatable bonds is 4. The normalized spacial score (nSPS) is 18.8. The van der Waals surface area contributed by atoms with Gasteiger partial charge < -0.3 is 5.32 Å². The smallest absolute Gasteiger partial charge is 0.291 e. The minimum Gasteiger partial charge on any atom is -0.345 e. The topological polar surface area (TPSA) is 73.9 Å². The summed E-state index contributed by atoms with van der Waals surface area (Å²) in [5.74, 6) is 0.664. The molecular weight excluding hydrogens is 266 g/mol. The fourth-order valence-electron chi connectivity index (χ4n) is 2.63. The quantitative estimate of drug-likeness (QED) is 0.883. The molecule has 1 amide bonds. The van der Waals surface area contributed by atoms with E-state index in [1.165, 1.54) is 5.56 Å². The number of H-pyrrole nitrogens is 1. The SMILES string of the molecule is Cc1nc(C(=O)NC2CCN(Cc3ccccc3)C2)n[nH]1. The second-order valence-electron chi connectivity index (χ2n) is 5.42. The maximum absolute atomic E-state index is 12.0. The molecular formula is C15H19N5O. The fraction of sp³-hybridized carbons (Fsp3) is 0.400. The molecule has 1 aliphatic heterocycles. The summed E-state index contributed by atoms with van der Waals surface area (Å²) in [7, 11) is 0. The Morgan fingerprint density at radius 3 is 2.95 bits per heavy atom. The third kappa shape index (κ3) is 3.46. The van der Waals surface area contributed by atoms with Crippen LogP contribution in [0.5, 0.6) is 0 Å². The number of nitrogens with zero attached hydrogens (tertiary/aromatic N) is 3. The van der Waals surface area contributed by atoms with Crippen LogP contribution in [-0.2, 0) is 6.54 Å².